The van der Waals surface area contributed by atoms with Gasteiger partial charge in [0.1, 0.15) is 12.2 Å². The van der Waals surface area contributed by atoms with E-state index in [0.717, 1.165) is 10.0 Å². The summed E-state index contributed by atoms with van der Waals surface area (Å²) in [4.78, 5) is 41.3. The summed E-state index contributed by atoms with van der Waals surface area (Å²) in [7, 11) is 1.54. The number of halogens is 1. The molecule has 6 rings (SSSR count). The van der Waals surface area contributed by atoms with Crippen LogP contribution in [0.3, 0.4) is 0 Å². The molecule has 2 heterocycles. The molecule has 41 heavy (non-hydrogen) atoms. The van der Waals surface area contributed by atoms with E-state index in [-0.39, 0.29) is 22.5 Å². The molecule has 0 saturated heterocycles. The summed E-state index contributed by atoms with van der Waals surface area (Å²) >= 11 is 3.43. The predicted molar refractivity (Wildman–Crippen MR) is 159 cm³/mol. The molecule has 0 bridgehead atoms. The minimum atomic E-state index is -0.808. The lowest BCUT2D eigenvalue weighted by atomic mass is 9.97. The lowest BCUT2D eigenvalue weighted by Gasteiger charge is -2.26. The van der Waals surface area contributed by atoms with Crippen LogP contribution in [-0.2, 0) is 6.61 Å². The Morgan fingerprint density at radius 1 is 0.927 bits per heavy atom. The molecule has 0 saturated carbocycles. The van der Waals surface area contributed by atoms with E-state index in [4.69, 9.17) is 13.9 Å². The first kappa shape index (κ1) is 26.5. The number of carbonyl (C=O) groups is 2. The zero-order valence-corrected chi connectivity index (χ0v) is 23.8. The molecule has 1 aliphatic rings. The standard InChI is InChI=1S/C33H24BrNO6/c1-19(36)21-8-12-24(13-9-21)35-30(29-31(37)25-17-23(34)11-15-26(25)41-32(29)33(35)38)22-10-14-27(28(16-22)39-2)40-18-20-6-4-3-5-7-20/h3-17,30H,18H2,1-2H3. The molecule has 4 aromatic carbocycles. The third-order valence-corrected chi connectivity index (χ3v) is 7.62. The molecule has 7 nitrogen and oxygen atoms in total. The number of Topliss-reactive ketones (excluding diaryl/α,β-unsaturated/α-hetero) is 1. The average molecular weight is 610 g/mol. The van der Waals surface area contributed by atoms with Crippen LogP contribution in [-0.4, -0.2) is 18.8 Å². The minimum absolute atomic E-state index is 0.0196. The molecule has 0 radical (unpaired) electrons. The molecule has 0 fully saturated rings. The van der Waals surface area contributed by atoms with E-state index < -0.39 is 11.9 Å². The number of benzene rings is 4. The van der Waals surface area contributed by atoms with E-state index in [0.29, 0.717) is 45.9 Å². The van der Waals surface area contributed by atoms with Crippen molar-refractivity contribution in [2.24, 2.45) is 0 Å². The molecule has 0 spiro atoms. The quantitative estimate of drug-likeness (QED) is 0.183. The Balaban J connectivity index is 1.49. The van der Waals surface area contributed by atoms with Gasteiger partial charge in [-0.05, 0) is 72.6 Å². The van der Waals surface area contributed by atoms with Crippen molar-refractivity contribution in [2.45, 2.75) is 19.6 Å². The van der Waals surface area contributed by atoms with Crippen LogP contribution in [0, 0.1) is 0 Å². The number of hydrogen-bond donors (Lipinski definition) is 0. The number of ether oxygens (including phenoxy) is 2. The van der Waals surface area contributed by atoms with Crippen molar-refractivity contribution in [3.63, 3.8) is 0 Å². The van der Waals surface area contributed by atoms with E-state index in [2.05, 4.69) is 15.9 Å². The van der Waals surface area contributed by atoms with Gasteiger partial charge in [-0.15, -0.1) is 0 Å². The van der Waals surface area contributed by atoms with E-state index in [1.165, 1.54) is 11.8 Å². The molecule has 1 atom stereocenters. The van der Waals surface area contributed by atoms with Gasteiger partial charge in [0.2, 0.25) is 5.76 Å². The van der Waals surface area contributed by atoms with Crippen LogP contribution in [0.2, 0.25) is 0 Å². The molecule has 0 aliphatic carbocycles. The molecule has 0 N–H and O–H groups in total. The van der Waals surface area contributed by atoms with Crippen molar-refractivity contribution < 1.29 is 23.5 Å². The maximum atomic E-state index is 13.9. The Bertz CT molecular complexity index is 1860. The van der Waals surface area contributed by atoms with Crippen LogP contribution >= 0.6 is 15.9 Å². The summed E-state index contributed by atoms with van der Waals surface area (Å²) in [5, 5.41) is 0.361. The van der Waals surface area contributed by atoms with Crippen LogP contribution in [0.15, 0.2) is 105 Å². The van der Waals surface area contributed by atoms with Gasteiger partial charge in [0, 0.05) is 15.7 Å². The lowest BCUT2D eigenvalue weighted by Crippen LogP contribution is -2.29. The highest BCUT2D eigenvalue weighted by Gasteiger charge is 2.44. The summed E-state index contributed by atoms with van der Waals surface area (Å²) in [6.07, 6.45) is 0. The fourth-order valence-electron chi connectivity index (χ4n) is 5.09. The summed E-state index contributed by atoms with van der Waals surface area (Å²) < 4.78 is 18.5. The number of anilines is 1. The lowest BCUT2D eigenvalue weighted by molar-refractivity contribution is 0.0970. The molecule has 8 heteroatoms. The Labute approximate surface area is 244 Å². The van der Waals surface area contributed by atoms with Crippen molar-refractivity contribution in [2.75, 3.05) is 12.0 Å². The van der Waals surface area contributed by atoms with Gasteiger partial charge in [-0.3, -0.25) is 19.3 Å². The van der Waals surface area contributed by atoms with Crippen molar-refractivity contribution >= 4 is 44.3 Å². The van der Waals surface area contributed by atoms with Gasteiger partial charge < -0.3 is 13.9 Å². The SMILES string of the molecule is COc1cc(C2c3c(oc4ccc(Br)cc4c3=O)C(=O)N2c2ccc(C(C)=O)cc2)ccc1OCc1ccccc1. The van der Waals surface area contributed by atoms with Gasteiger partial charge in [0.25, 0.3) is 5.91 Å². The van der Waals surface area contributed by atoms with Gasteiger partial charge in [0.05, 0.1) is 24.1 Å². The molecular weight excluding hydrogens is 586 g/mol. The zero-order chi connectivity index (χ0) is 28.7. The molecular formula is C33H24BrNO6. The second-order valence-electron chi connectivity index (χ2n) is 9.68. The molecule has 1 amide bonds. The normalized spacial score (nSPS) is 14.3. The number of amides is 1. The van der Waals surface area contributed by atoms with Gasteiger partial charge in [-0.1, -0.05) is 52.3 Å². The fourth-order valence-corrected chi connectivity index (χ4v) is 5.45. The highest BCUT2D eigenvalue weighted by atomic mass is 79.9. The van der Waals surface area contributed by atoms with E-state index in [1.54, 1.807) is 61.7 Å². The number of nitrogens with zero attached hydrogens (tertiary/aromatic N) is 1. The predicted octanol–water partition coefficient (Wildman–Crippen LogP) is 7.10. The minimum Gasteiger partial charge on any atom is -0.493 e. The maximum absolute atomic E-state index is 13.9. The summed E-state index contributed by atoms with van der Waals surface area (Å²) in [5.41, 5.74) is 2.93. The summed E-state index contributed by atoms with van der Waals surface area (Å²) in [6, 6.07) is 26.2. The number of carbonyl (C=O) groups excluding carboxylic acids is 2. The fraction of sp³-hybridized carbons (Fsp3) is 0.121. The van der Waals surface area contributed by atoms with Crippen LogP contribution in [0.5, 0.6) is 11.5 Å². The second-order valence-corrected chi connectivity index (χ2v) is 10.6. The zero-order valence-electron chi connectivity index (χ0n) is 22.2. The average Bonchev–Trinajstić information content (AvgIpc) is 3.29. The Kier molecular flexibility index (Phi) is 6.93. The highest BCUT2D eigenvalue weighted by molar-refractivity contribution is 9.10. The first-order valence-corrected chi connectivity index (χ1v) is 13.7. The number of methoxy groups -OCH3 is 1. The van der Waals surface area contributed by atoms with Gasteiger partial charge in [-0.25, -0.2) is 0 Å². The third kappa shape index (κ3) is 4.80. The van der Waals surface area contributed by atoms with Crippen molar-refractivity contribution in [3.8, 4) is 11.5 Å². The largest absolute Gasteiger partial charge is 0.493 e. The monoisotopic (exact) mass is 609 g/mol. The molecule has 1 aliphatic heterocycles. The van der Waals surface area contributed by atoms with E-state index in [9.17, 15) is 14.4 Å². The van der Waals surface area contributed by atoms with Crippen LogP contribution in [0.25, 0.3) is 11.0 Å². The molecule has 1 aromatic heterocycles. The number of fused-ring (bicyclic) bond motifs is 2. The Morgan fingerprint density at radius 2 is 1.68 bits per heavy atom. The summed E-state index contributed by atoms with van der Waals surface area (Å²) in [5.74, 6) is 0.420. The first-order valence-electron chi connectivity index (χ1n) is 12.9. The number of ketones is 1. The van der Waals surface area contributed by atoms with Crippen LogP contribution in [0.4, 0.5) is 5.69 Å². The van der Waals surface area contributed by atoms with Crippen molar-refractivity contribution in [1.82, 2.24) is 0 Å². The second kappa shape index (κ2) is 10.7. The summed E-state index contributed by atoms with van der Waals surface area (Å²) in [6.45, 7) is 1.83. The van der Waals surface area contributed by atoms with Gasteiger partial charge >= 0.3 is 0 Å². The van der Waals surface area contributed by atoms with Gasteiger partial charge in [-0.2, -0.15) is 0 Å². The molecule has 5 aromatic rings. The first-order chi connectivity index (χ1) is 19.9. The van der Waals surface area contributed by atoms with Crippen molar-refractivity contribution in [1.29, 1.82) is 0 Å². The third-order valence-electron chi connectivity index (χ3n) is 7.12. The van der Waals surface area contributed by atoms with E-state index in [1.807, 2.05) is 36.4 Å². The maximum Gasteiger partial charge on any atom is 0.295 e. The number of hydrogen-bond acceptors (Lipinski definition) is 6. The highest BCUT2D eigenvalue weighted by Crippen LogP contribution is 2.43. The molecule has 204 valence electrons. The van der Waals surface area contributed by atoms with Crippen LogP contribution < -0.4 is 19.8 Å². The number of rotatable bonds is 7. The topological polar surface area (TPSA) is 86.0 Å². The Hall–Kier alpha value is -4.69. The molecule has 1 unspecified atom stereocenters. The van der Waals surface area contributed by atoms with E-state index >= 15 is 0 Å². The van der Waals surface area contributed by atoms with Crippen LogP contribution in [0.1, 0.15) is 50.6 Å². The van der Waals surface area contributed by atoms with Gasteiger partial charge in [0.15, 0.2) is 22.7 Å². The Morgan fingerprint density at radius 3 is 2.39 bits per heavy atom. The van der Waals surface area contributed by atoms with Crippen molar-refractivity contribution in [3.05, 3.63) is 134 Å². The smallest absolute Gasteiger partial charge is 0.295 e.